The highest BCUT2D eigenvalue weighted by atomic mass is 32.1. The van der Waals surface area contributed by atoms with Crippen LogP contribution in [0.3, 0.4) is 0 Å². The topological polar surface area (TPSA) is 30.7 Å². The Bertz CT molecular complexity index is 192. The van der Waals surface area contributed by atoms with Crippen LogP contribution in [0.15, 0.2) is 11.1 Å². The molecule has 0 saturated carbocycles. The van der Waals surface area contributed by atoms with Crippen LogP contribution >= 0.6 is 12.6 Å². The van der Waals surface area contributed by atoms with Gasteiger partial charge < -0.3 is 4.74 Å². The van der Waals surface area contributed by atoms with Gasteiger partial charge in [0.15, 0.2) is 0 Å². The van der Waals surface area contributed by atoms with Crippen molar-refractivity contribution in [3.63, 3.8) is 0 Å². The van der Waals surface area contributed by atoms with Gasteiger partial charge in [0.1, 0.15) is 0 Å². The van der Waals surface area contributed by atoms with Crippen molar-refractivity contribution in [3.8, 4) is 0 Å². The molecule has 0 heterocycles. The molecule has 0 amide bonds. The molecule has 0 aromatic heterocycles. The SMILES string of the molecule is [C-]#[N+]/C(=C/S)C(=O)OCC. The fraction of sp³-hybridized carbons (Fsp3) is 0.333. The number of hydrogen-bond donors (Lipinski definition) is 1. The molecule has 0 rings (SSSR count). The van der Waals surface area contributed by atoms with Gasteiger partial charge in [-0.1, -0.05) is 0 Å². The molecule has 0 saturated heterocycles. The van der Waals surface area contributed by atoms with Gasteiger partial charge in [-0.3, -0.25) is 4.79 Å². The molecule has 0 bridgehead atoms. The molecule has 4 heteroatoms. The van der Waals surface area contributed by atoms with Gasteiger partial charge in [0, 0.05) is 0 Å². The second-order valence-electron chi connectivity index (χ2n) is 1.35. The molecule has 0 unspecified atom stereocenters. The van der Waals surface area contributed by atoms with Crippen LogP contribution in [0.1, 0.15) is 6.92 Å². The summed E-state index contributed by atoms with van der Waals surface area (Å²) in [5, 5.41) is 1.13. The van der Waals surface area contributed by atoms with Crippen LogP contribution in [0, 0.1) is 6.57 Å². The van der Waals surface area contributed by atoms with Crippen LogP contribution in [0.5, 0.6) is 0 Å². The summed E-state index contributed by atoms with van der Waals surface area (Å²) in [4.78, 5) is 13.5. The fourth-order valence-electron chi connectivity index (χ4n) is 0.332. The highest BCUT2D eigenvalue weighted by Crippen LogP contribution is 2.00. The van der Waals surface area contributed by atoms with Crippen LogP contribution in [-0.4, -0.2) is 12.6 Å². The first-order chi connectivity index (χ1) is 4.76. The van der Waals surface area contributed by atoms with Crippen molar-refractivity contribution in [1.82, 2.24) is 0 Å². The van der Waals surface area contributed by atoms with E-state index in [-0.39, 0.29) is 12.3 Å². The molecule has 0 aliphatic heterocycles. The molecular weight excluding hydrogens is 150 g/mol. The van der Waals surface area contributed by atoms with Crippen molar-refractivity contribution >= 4 is 18.6 Å². The van der Waals surface area contributed by atoms with Crippen LogP contribution < -0.4 is 0 Å². The van der Waals surface area contributed by atoms with E-state index in [1.807, 2.05) is 0 Å². The zero-order chi connectivity index (χ0) is 7.98. The maximum atomic E-state index is 10.7. The number of carbonyl (C=O) groups is 1. The largest absolute Gasteiger partial charge is 0.471 e. The molecule has 10 heavy (non-hydrogen) atoms. The third-order valence-electron chi connectivity index (χ3n) is 0.727. The lowest BCUT2D eigenvalue weighted by molar-refractivity contribution is -0.138. The average Bonchev–Trinajstić information content (AvgIpc) is 1.91. The van der Waals surface area contributed by atoms with E-state index in [0.717, 1.165) is 5.41 Å². The lowest BCUT2D eigenvalue weighted by Crippen LogP contribution is -2.04. The number of carbonyl (C=O) groups excluding carboxylic acids is 1. The third kappa shape index (κ3) is 2.55. The molecule has 0 aromatic rings. The Labute approximate surface area is 64.9 Å². The van der Waals surface area contributed by atoms with E-state index in [1.165, 1.54) is 0 Å². The van der Waals surface area contributed by atoms with Crippen molar-refractivity contribution in [2.45, 2.75) is 6.92 Å². The van der Waals surface area contributed by atoms with E-state index in [0.29, 0.717) is 0 Å². The molecule has 0 aromatic carbocycles. The van der Waals surface area contributed by atoms with Gasteiger partial charge in [0.2, 0.25) is 0 Å². The minimum atomic E-state index is -0.618. The second-order valence-corrected chi connectivity index (χ2v) is 1.60. The van der Waals surface area contributed by atoms with Gasteiger partial charge in [-0.15, -0.1) is 0 Å². The summed E-state index contributed by atoms with van der Waals surface area (Å²) in [6, 6.07) is 0. The van der Waals surface area contributed by atoms with Gasteiger partial charge in [-0.25, -0.2) is 4.85 Å². The number of rotatable bonds is 2. The van der Waals surface area contributed by atoms with Gasteiger partial charge in [0.05, 0.1) is 13.2 Å². The summed E-state index contributed by atoms with van der Waals surface area (Å²) >= 11 is 3.65. The second kappa shape index (κ2) is 4.89. The summed E-state index contributed by atoms with van der Waals surface area (Å²) in [5.74, 6) is -0.618. The van der Waals surface area contributed by atoms with Crippen LogP contribution in [0.2, 0.25) is 0 Å². The van der Waals surface area contributed by atoms with Gasteiger partial charge in [-0.05, 0) is 12.3 Å². The molecule has 0 fully saturated rings. The number of ether oxygens (including phenoxy) is 1. The van der Waals surface area contributed by atoms with Gasteiger partial charge in [-0.2, -0.15) is 12.6 Å². The van der Waals surface area contributed by atoms with E-state index >= 15 is 0 Å². The Morgan fingerprint density at radius 3 is 2.80 bits per heavy atom. The molecule has 0 aliphatic rings. The van der Waals surface area contributed by atoms with E-state index < -0.39 is 5.97 Å². The molecule has 0 N–H and O–H groups in total. The highest BCUT2D eigenvalue weighted by Gasteiger charge is 2.07. The molecular formula is C6H7NO2S. The predicted octanol–water partition coefficient (Wildman–Crippen LogP) is 1.24. The summed E-state index contributed by atoms with van der Waals surface area (Å²) in [7, 11) is 0. The zero-order valence-corrected chi connectivity index (χ0v) is 6.39. The van der Waals surface area contributed by atoms with E-state index in [2.05, 4.69) is 22.2 Å². The van der Waals surface area contributed by atoms with Crippen molar-refractivity contribution < 1.29 is 9.53 Å². The summed E-state index contributed by atoms with van der Waals surface area (Å²) in [5.41, 5.74) is -0.0924. The molecule has 0 radical (unpaired) electrons. The van der Waals surface area contributed by atoms with Crippen molar-refractivity contribution in [2.24, 2.45) is 0 Å². The molecule has 3 nitrogen and oxygen atoms in total. The van der Waals surface area contributed by atoms with Crippen molar-refractivity contribution in [2.75, 3.05) is 6.61 Å². The Balaban J connectivity index is 4.08. The first kappa shape index (κ1) is 9.05. The maximum absolute atomic E-state index is 10.7. The number of esters is 1. The molecule has 0 atom stereocenters. The lowest BCUT2D eigenvalue weighted by Gasteiger charge is -1.96. The Hall–Kier alpha value is -0.950. The monoisotopic (exact) mass is 157 g/mol. The van der Waals surface area contributed by atoms with Crippen molar-refractivity contribution in [3.05, 3.63) is 22.5 Å². The first-order valence-electron chi connectivity index (χ1n) is 2.65. The molecule has 0 spiro atoms. The predicted molar refractivity (Wildman–Crippen MR) is 40.3 cm³/mol. The van der Waals surface area contributed by atoms with Gasteiger partial charge in [0.25, 0.3) is 5.70 Å². The van der Waals surface area contributed by atoms with Crippen molar-refractivity contribution in [1.29, 1.82) is 0 Å². The number of hydrogen-bond acceptors (Lipinski definition) is 3. The Kier molecular flexibility index (Phi) is 4.42. The Morgan fingerprint density at radius 1 is 1.90 bits per heavy atom. The molecule has 0 aliphatic carbocycles. The van der Waals surface area contributed by atoms with Crippen LogP contribution in [0.4, 0.5) is 0 Å². The van der Waals surface area contributed by atoms with Gasteiger partial charge >= 0.3 is 5.97 Å². The summed E-state index contributed by atoms with van der Waals surface area (Å²) in [6.45, 7) is 8.43. The summed E-state index contributed by atoms with van der Waals surface area (Å²) in [6.07, 6.45) is 0. The highest BCUT2D eigenvalue weighted by molar-refractivity contribution is 7.83. The van der Waals surface area contributed by atoms with E-state index in [9.17, 15) is 4.79 Å². The quantitative estimate of drug-likeness (QED) is 0.283. The van der Waals surface area contributed by atoms with E-state index in [1.54, 1.807) is 6.92 Å². The third-order valence-corrected chi connectivity index (χ3v) is 0.972. The minimum absolute atomic E-state index is 0.0924. The van der Waals surface area contributed by atoms with E-state index in [4.69, 9.17) is 6.57 Å². The normalized spacial score (nSPS) is 10.3. The smallest absolute Gasteiger partial charge is 0.336 e. The number of thiol groups is 1. The van der Waals surface area contributed by atoms with Crippen LogP contribution in [-0.2, 0) is 9.53 Å². The van der Waals surface area contributed by atoms with Crippen LogP contribution in [0.25, 0.3) is 4.85 Å². The standard InChI is InChI=1S/C6H7NO2S/c1-3-9-6(8)5(4-10)7-2/h4,10H,3H2,1H3/b5-4+. The number of nitrogens with zero attached hydrogens (tertiary/aromatic N) is 1. The zero-order valence-electron chi connectivity index (χ0n) is 5.50. The molecule has 54 valence electrons. The average molecular weight is 157 g/mol. The fourth-order valence-corrected chi connectivity index (χ4v) is 0.495. The first-order valence-corrected chi connectivity index (χ1v) is 3.16. The minimum Gasteiger partial charge on any atom is -0.471 e. The maximum Gasteiger partial charge on any atom is 0.336 e. The lowest BCUT2D eigenvalue weighted by atomic mass is 10.5. The summed E-state index contributed by atoms with van der Waals surface area (Å²) < 4.78 is 4.52. The Morgan fingerprint density at radius 2 is 2.50 bits per heavy atom.